The van der Waals surface area contributed by atoms with E-state index in [2.05, 4.69) is 29.2 Å². The number of nitrogens with zero attached hydrogens (tertiary/aromatic N) is 2. The van der Waals surface area contributed by atoms with Crippen molar-refractivity contribution in [1.29, 1.82) is 0 Å². The van der Waals surface area contributed by atoms with E-state index >= 15 is 0 Å². The highest BCUT2D eigenvalue weighted by molar-refractivity contribution is 7.16. The van der Waals surface area contributed by atoms with Crippen molar-refractivity contribution in [3.63, 3.8) is 0 Å². The molecule has 5 rings (SSSR count). The molecule has 0 spiro atoms. The molecule has 0 fully saturated rings. The molecule has 0 atom stereocenters. The van der Waals surface area contributed by atoms with Crippen molar-refractivity contribution in [1.82, 2.24) is 4.98 Å². The molecule has 1 aliphatic carbocycles. The Morgan fingerprint density at radius 1 is 1.04 bits per heavy atom. The molecule has 0 saturated heterocycles. The third kappa shape index (κ3) is 2.75. The van der Waals surface area contributed by atoms with E-state index in [0.717, 1.165) is 15.9 Å². The van der Waals surface area contributed by atoms with Crippen LogP contribution in [0.3, 0.4) is 0 Å². The van der Waals surface area contributed by atoms with Crippen LogP contribution in [-0.4, -0.2) is 24.7 Å². The summed E-state index contributed by atoms with van der Waals surface area (Å²) in [4.78, 5) is 18.5. The van der Waals surface area contributed by atoms with E-state index in [4.69, 9.17) is 4.74 Å². The van der Waals surface area contributed by atoms with Crippen LogP contribution in [0.25, 0.3) is 21.3 Å². The third-order valence-electron chi connectivity index (χ3n) is 5.31. The number of fused-ring (bicyclic) bond motifs is 4. The number of carbonyl (C=O) groups is 1. The highest BCUT2D eigenvalue weighted by Gasteiger charge is 2.29. The topological polar surface area (TPSA) is 42.4 Å². The minimum absolute atomic E-state index is 0.0636. The van der Waals surface area contributed by atoms with Crippen molar-refractivity contribution < 1.29 is 9.53 Å². The molecule has 1 aromatic heterocycles. The Morgan fingerprint density at radius 3 is 2.43 bits per heavy atom. The van der Waals surface area contributed by atoms with Gasteiger partial charge in [0, 0.05) is 18.7 Å². The predicted octanol–water partition coefficient (Wildman–Crippen LogP) is 5.68. The Bertz CT molecular complexity index is 1140. The maximum absolute atomic E-state index is 12.7. The van der Waals surface area contributed by atoms with E-state index in [-0.39, 0.29) is 12.0 Å². The van der Waals surface area contributed by atoms with Crippen LogP contribution < -0.4 is 4.90 Å². The number of anilines is 1. The van der Waals surface area contributed by atoms with Crippen molar-refractivity contribution in [2.24, 2.45) is 0 Å². The van der Waals surface area contributed by atoms with Gasteiger partial charge < -0.3 is 4.74 Å². The Kier molecular flexibility index (Phi) is 4.10. The molecule has 1 amide bonds. The van der Waals surface area contributed by atoms with Crippen molar-refractivity contribution in [3.05, 3.63) is 83.4 Å². The number of rotatable bonds is 3. The van der Waals surface area contributed by atoms with Gasteiger partial charge in [-0.15, -0.1) is 11.3 Å². The fraction of sp³-hybridized carbons (Fsp3) is 0.130. The molecule has 0 bridgehead atoms. The molecule has 28 heavy (non-hydrogen) atoms. The first kappa shape index (κ1) is 17.0. The minimum atomic E-state index is -0.356. The summed E-state index contributed by atoms with van der Waals surface area (Å²) in [6.07, 6.45) is -0.356. The van der Waals surface area contributed by atoms with Gasteiger partial charge in [0.15, 0.2) is 0 Å². The van der Waals surface area contributed by atoms with Crippen molar-refractivity contribution in [2.75, 3.05) is 18.6 Å². The minimum Gasteiger partial charge on any atom is -0.448 e. The fourth-order valence-corrected chi connectivity index (χ4v) is 4.56. The molecule has 3 aromatic carbocycles. The molecule has 1 aliphatic rings. The first-order chi connectivity index (χ1) is 13.7. The molecule has 0 N–H and O–H groups in total. The summed E-state index contributed by atoms with van der Waals surface area (Å²) in [6.45, 7) is 0.319. The van der Waals surface area contributed by atoms with Crippen LogP contribution >= 0.6 is 11.3 Å². The van der Waals surface area contributed by atoms with Gasteiger partial charge in [0.25, 0.3) is 0 Å². The maximum Gasteiger partial charge on any atom is 0.414 e. The number of ether oxygens (including phenoxy) is 1. The second-order valence-corrected chi connectivity index (χ2v) is 7.75. The molecule has 5 heteroatoms. The molecule has 0 aliphatic heterocycles. The second kappa shape index (κ2) is 6.77. The number of hydrogen-bond acceptors (Lipinski definition) is 4. The Labute approximate surface area is 167 Å². The number of aromatic nitrogens is 1. The highest BCUT2D eigenvalue weighted by Crippen LogP contribution is 2.44. The molecular weight excluding hydrogens is 368 g/mol. The summed E-state index contributed by atoms with van der Waals surface area (Å²) in [5.41, 5.74) is 8.42. The van der Waals surface area contributed by atoms with Gasteiger partial charge in [0.2, 0.25) is 0 Å². The van der Waals surface area contributed by atoms with Crippen molar-refractivity contribution in [2.45, 2.75) is 5.92 Å². The summed E-state index contributed by atoms with van der Waals surface area (Å²) < 4.78 is 6.78. The third-order valence-corrected chi connectivity index (χ3v) is 6.10. The molecule has 138 valence electrons. The monoisotopic (exact) mass is 386 g/mol. The van der Waals surface area contributed by atoms with E-state index in [9.17, 15) is 4.79 Å². The summed E-state index contributed by atoms with van der Waals surface area (Å²) in [6, 6.07) is 22.5. The number of amides is 1. The van der Waals surface area contributed by atoms with E-state index in [1.54, 1.807) is 23.3 Å². The number of thiazole rings is 1. The number of hydrogen-bond donors (Lipinski definition) is 0. The zero-order valence-electron chi connectivity index (χ0n) is 15.3. The number of carbonyl (C=O) groups excluding carboxylic acids is 1. The lowest BCUT2D eigenvalue weighted by molar-refractivity contribution is 0.152. The summed E-state index contributed by atoms with van der Waals surface area (Å²) >= 11 is 1.56. The summed E-state index contributed by atoms with van der Waals surface area (Å²) in [5, 5.41) is 0. The zero-order chi connectivity index (χ0) is 19.1. The first-order valence-corrected chi connectivity index (χ1v) is 10.0. The molecule has 0 unspecified atom stereocenters. The molecule has 4 nitrogen and oxygen atoms in total. The number of benzene rings is 3. The lowest BCUT2D eigenvalue weighted by Crippen LogP contribution is -2.28. The van der Waals surface area contributed by atoms with E-state index in [0.29, 0.717) is 6.61 Å². The summed E-state index contributed by atoms with van der Waals surface area (Å²) in [7, 11) is 1.74. The largest absolute Gasteiger partial charge is 0.448 e. The van der Waals surface area contributed by atoms with Crippen LogP contribution in [0.15, 0.2) is 72.2 Å². The van der Waals surface area contributed by atoms with Crippen LogP contribution in [0.2, 0.25) is 0 Å². The van der Waals surface area contributed by atoms with Gasteiger partial charge in [0.1, 0.15) is 6.61 Å². The van der Waals surface area contributed by atoms with E-state index in [1.807, 2.05) is 48.0 Å². The molecule has 4 aromatic rings. The van der Waals surface area contributed by atoms with Crippen LogP contribution in [0.5, 0.6) is 0 Å². The van der Waals surface area contributed by atoms with Crippen LogP contribution in [0.4, 0.5) is 10.5 Å². The predicted molar refractivity (Wildman–Crippen MR) is 113 cm³/mol. The molecular formula is C23H18N2O2S. The lowest BCUT2D eigenvalue weighted by atomic mass is 9.98. The first-order valence-electron chi connectivity index (χ1n) is 9.14. The Morgan fingerprint density at radius 2 is 1.71 bits per heavy atom. The summed E-state index contributed by atoms with van der Waals surface area (Å²) in [5.74, 6) is 0.0636. The molecule has 1 heterocycles. The van der Waals surface area contributed by atoms with Crippen LogP contribution in [-0.2, 0) is 4.74 Å². The van der Waals surface area contributed by atoms with Gasteiger partial charge in [-0.05, 0) is 40.5 Å². The van der Waals surface area contributed by atoms with Crippen molar-refractivity contribution in [3.8, 4) is 11.1 Å². The highest BCUT2D eigenvalue weighted by atomic mass is 32.1. The van der Waals surface area contributed by atoms with Crippen LogP contribution in [0, 0.1) is 0 Å². The smallest absolute Gasteiger partial charge is 0.414 e. The SMILES string of the molecule is CN(C(=O)OCC1c2ccccc2-c2ccccc21)c1ccc2ncsc2c1. The van der Waals surface area contributed by atoms with Crippen LogP contribution in [0.1, 0.15) is 17.0 Å². The second-order valence-electron chi connectivity index (χ2n) is 6.87. The fourth-order valence-electron chi connectivity index (χ4n) is 3.85. The lowest BCUT2D eigenvalue weighted by Gasteiger charge is -2.20. The quantitative estimate of drug-likeness (QED) is 0.455. The molecule has 0 saturated carbocycles. The van der Waals surface area contributed by atoms with E-state index in [1.165, 1.54) is 22.3 Å². The average Bonchev–Trinajstić information content (AvgIpc) is 3.33. The Balaban J connectivity index is 1.36. The van der Waals surface area contributed by atoms with Gasteiger partial charge >= 0.3 is 6.09 Å². The van der Waals surface area contributed by atoms with Gasteiger partial charge in [-0.1, -0.05) is 48.5 Å². The van der Waals surface area contributed by atoms with Crippen molar-refractivity contribution >= 4 is 33.3 Å². The maximum atomic E-state index is 12.7. The Hall–Kier alpha value is -3.18. The van der Waals surface area contributed by atoms with Gasteiger partial charge in [-0.3, -0.25) is 4.90 Å². The van der Waals surface area contributed by atoms with Gasteiger partial charge in [-0.25, -0.2) is 9.78 Å². The van der Waals surface area contributed by atoms with E-state index < -0.39 is 0 Å². The molecule has 0 radical (unpaired) electrons. The zero-order valence-corrected chi connectivity index (χ0v) is 16.1. The standard InChI is InChI=1S/C23H18N2O2S/c1-25(15-10-11-21-22(12-15)28-14-24-21)23(26)27-13-20-18-8-4-2-6-16(18)17-7-3-5-9-19(17)20/h2-12,14,20H,13H2,1H3. The van der Waals surface area contributed by atoms with Gasteiger partial charge in [0.05, 0.1) is 15.7 Å². The normalized spacial score (nSPS) is 12.6. The average molecular weight is 386 g/mol. The van der Waals surface area contributed by atoms with Gasteiger partial charge in [-0.2, -0.15) is 0 Å².